The van der Waals surface area contributed by atoms with Gasteiger partial charge in [0.2, 0.25) is 0 Å². The second kappa shape index (κ2) is 12.1. The van der Waals surface area contributed by atoms with Crippen molar-refractivity contribution in [2.24, 2.45) is 0 Å². The number of hydrogen-bond acceptors (Lipinski definition) is 6. The van der Waals surface area contributed by atoms with Gasteiger partial charge in [-0.3, -0.25) is 4.79 Å². The Morgan fingerprint density at radius 3 is 2.47 bits per heavy atom. The van der Waals surface area contributed by atoms with Gasteiger partial charge >= 0.3 is 0 Å². The number of carbonyl (C=O) groups excluding carboxylic acids is 1. The Labute approximate surface area is 203 Å². The van der Waals surface area contributed by atoms with Crippen LogP contribution in [0.15, 0.2) is 78.9 Å². The highest BCUT2D eigenvalue weighted by Crippen LogP contribution is 2.39. The molecule has 1 aliphatic heterocycles. The number of anilines is 1. The van der Waals surface area contributed by atoms with Crippen LogP contribution in [0.5, 0.6) is 0 Å². The van der Waals surface area contributed by atoms with Crippen LogP contribution in [0.1, 0.15) is 45.9 Å². The number of aliphatic hydroxyl groups is 2. The molecule has 178 valence electrons. The van der Waals surface area contributed by atoms with Gasteiger partial charge in [-0.15, -0.1) is 0 Å². The Balaban J connectivity index is 1.52. The molecule has 34 heavy (non-hydrogen) atoms. The van der Waals surface area contributed by atoms with Crippen molar-refractivity contribution >= 4 is 23.4 Å². The average molecular weight is 480 g/mol. The zero-order chi connectivity index (χ0) is 23.8. The van der Waals surface area contributed by atoms with Crippen LogP contribution in [0, 0.1) is 0 Å². The Morgan fingerprint density at radius 1 is 0.941 bits per heavy atom. The standard InChI is InChI=1S/C27H29NO5S/c29-13-14-34-18-24-16-25(20-11-9-19(17-30)10-12-20)33-27(32-24)22-7-4-8-23(15-22)28-26(31)21-5-2-1-3-6-21/h1-12,15,24-25,27,29-30H,13-14,16-18H2,(H,28,31)/t24-,25+,27+/m0/s1. The van der Waals surface area contributed by atoms with Crippen LogP contribution in [0.2, 0.25) is 0 Å². The number of amides is 1. The summed E-state index contributed by atoms with van der Waals surface area (Å²) in [6.45, 7) is 0.131. The van der Waals surface area contributed by atoms with Crippen LogP contribution in [-0.2, 0) is 16.1 Å². The molecule has 0 aromatic heterocycles. The highest BCUT2D eigenvalue weighted by atomic mass is 32.2. The van der Waals surface area contributed by atoms with Gasteiger partial charge < -0.3 is 25.0 Å². The molecule has 6 nitrogen and oxygen atoms in total. The van der Waals surface area contributed by atoms with E-state index in [-0.39, 0.29) is 31.3 Å². The van der Waals surface area contributed by atoms with Crippen LogP contribution in [-0.4, -0.2) is 40.3 Å². The van der Waals surface area contributed by atoms with Crippen molar-refractivity contribution in [1.29, 1.82) is 0 Å². The Hall–Kier alpha value is -2.68. The Kier molecular flexibility index (Phi) is 8.73. The van der Waals surface area contributed by atoms with Crippen LogP contribution in [0.25, 0.3) is 0 Å². The molecular weight excluding hydrogens is 450 g/mol. The largest absolute Gasteiger partial charge is 0.396 e. The smallest absolute Gasteiger partial charge is 0.255 e. The zero-order valence-corrected chi connectivity index (χ0v) is 19.6. The maximum Gasteiger partial charge on any atom is 0.255 e. The molecule has 3 aromatic carbocycles. The molecule has 0 aliphatic carbocycles. The van der Waals surface area contributed by atoms with E-state index in [1.165, 1.54) is 0 Å². The van der Waals surface area contributed by atoms with E-state index >= 15 is 0 Å². The molecule has 0 radical (unpaired) electrons. The van der Waals surface area contributed by atoms with Gasteiger partial charge in [-0.25, -0.2) is 0 Å². The number of benzene rings is 3. The van der Waals surface area contributed by atoms with E-state index in [0.29, 0.717) is 23.4 Å². The predicted molar refractivity (Wildman–Crippen MR) is 134 cm³/mol. The van der Waals surface area contributed by atoms with E-state index in [1.54, 1.807) is 23.9 Å². The summed E-state index contributed by atoms with van der Waals surface area (Å²) < 4.78 is 12.6. The molecule has 1 aliphatic rings. The third-order valence-electron chi connectivity index (χ3n) is 5.61. The minimum absolute atomic E-state index is 0.000537. The van der Waals surface area contributed by atoms with Crippen molar-refractivity contribution in [3.8, 4) is 0 Å². The SMILES string of the molecule is O=C(Nc1cccc([C@@H]2O[C@H](CSCCO)C[C@H](c3ccc(CO)cc3)O2)c1)c1ccccc1. The third kappa shape index (κ3) is 6.46. The molecule has 0 spiro atoms. The molecule has 3 atom stereocenters. The molecule has 3 aromatic rings. The van der Waals surface area contributed by atoms with Crippen LogP contribution in [0.4, 0.5) is 5.69 Å². The third-order valence-corrected chi connectivity index (χ3v) is 6.69. The number of nitrogens with one attached hydrogen (secondary N) is 1. The molecule has 3 N–H and O–H groups in total. The molecule has 1 fully saturated rings. The minimum atomic E-state index is -0.593. The van der Waals surface area contributed by atoms with Crippen molar-refractivity contribution < 1.29 is 24.5 Å². The van der Waals surface area contributed by atoms with E-state index in [1.807, 2.05) is 66.7 Å². The molecule has 0 unspecified atom stereocenters. The van der Waals surface area contributed by atoms with Crippen molar-refractivity contribution in [1.82, 2.24) is 0 Å². The van der Waals surface area contributed by atoms with Crippen LogP contribution >= 0.6 is 11.8 Å². The Bertz CT molecular complexity index is 1060. The predicted octanol–water partition coefficient (Wildman–Crippen LogP) is 4.70. The number of thioether (sulfide) groups is 1. The average Bonchev–Trinajstić information content (AvgIpc) is 2.89. The summed E-state index contributed by atoms with van der Waals surface area (Å²) in [5.41, 5.74) is 3.95. The first-order valence-electron chi connectivity index (χ1n) is 11.3. The molecular formula is C27H29NO5S. The number of hydrogen-bond donors (Lipinski definition) is 3. The summed E-state index contributed by atoms with van der Waals surface area (Å²) in [4.78, 5) is 12.6. The fraction of sp³-hybridized carbons (Fsp3) is 0.296. The number of carbonyl (C=O) groups is 1. The first kappa shape index (κ1) is 24.4. The lowest BCUT2D eigenvalue weighted by atomic mass is 10.0. The van der Waals surface area contributed by atoms with Gasteiger partial charge in [-0.2, -0.15) is 11.8 Å². The van der Waals surface area contributed by atoms with E-state index in [4.69, 9.17) is 14.6 Å². The molecule has 7 heteroatoms. The van der Waals surface area contributed by atoms with Gasteiger partial charge in [0.05, 0.1) is 25.4 Å². The summed E-state index contributed by atoms with van der Waals surface area (Å²) in [6, 6.07) is 24.4. The molecule has 0 saturated carbocycles. The summed E-state index contributed by atoms with van der Waals surface area (Å²) in [7, 11) is 0. The lowest BCUT2D eigenvalue weighted by Gasteiger charge is -2.36. The normalized spacial score (nSPS) is 20.1. The maximum atomic E-state index is 12.6. The highest BCUT2D eigenvalue weighted by Gasteiger charge is 2.32. The topological polar surface area (TPSA) is 88.0 Å². The van der Waals surface area contributed by atoms with E-state index in [9.17, 15) is 9.90 Å². The van der Waals surface area contributed by atoms with Crippen molar-refractivity contribution in [2.45, 2.75) is 31.5 Å². The number of aliphatic hydroxyl groups excluding tert-OH is 2. The lowest BCUT2D eigenvalue weighted by Crippen LogP contribution is -2.31. The molecule has 1 heterocycles. The first-order chi connectivity index (χ1) is 16.7. The summed E-state index contributed by atoms with van der Waals surface area (Å²) in [5.74, 6) is 1.22. The van der Waals surface area contributed by atoms with Gasteiger partial charge in [0.1, 0.15) is 0 Å². The summed E-state index contributed by atoms with van der Waals surface area (Å²) >= 11 is 1.65. The minimum Gasteiger partial charge on any atom is -0.396 e. The van der Waals surface area contributed by atoms with Crippen molar-refractivity contribution in [2.75, 3.05) is 23.4 Å². The van der Waals surface area contributed by atoms with Crippen LogP contribution < -0.4 is 5.32 Å². The monoisotopic (exact) mass is 479 g/mol. The quantitative estimate of drug-likeness (QED) is 0.386. The fourth-order valence-corrected chi connectivity index (χ4v) is 4.63. The summed E-state index contributed by atoms with van der Waals surface area (Å²) in [6.07, 6.45) is -0.128. The van der Waals surface area contributed by atoms with Gasteiger partial charge in [0.25, 0.3) is 5.91 Å². The second-order valence-electron chi connectivity index (χ2n) is 8.09. The number of rotatable bonds is 9. The second-order valence-corrected chi connectivity index (χ2v) is 9.24. The van der Waals surface area contributed by atoms with Crippen molar-refractivity contribution in [3.63, 3.8) is 0 Å². The Morgan fingerprint density at radius 2 is 1.74 bits per heavy atom. The summed E-state index contributed by atoms with van der Waals surface area (Å²) in [5, 5.41) is 21.4. The molecule has 0 bridgehead atoms. The lowest BCUT2D eigenvalue weighted by molar-refractivity contribution is -0.245. The molecule has 1 amide bonds. The maximum absolute atomic E-state index is 12.6. The highest BCUT2D eigenvalue weighted by molar-refractivity contribution is 7.99. The van der Waals surface area contributed by atoms with Gasteiger partial charge in [0.15, 0.2) is 6.29 Å². The fourth-order valence-electron chi connectivity index (χ4n) is 3.86. The van der Waals surface area contributed by atoms with E-state index in [2.05, 4.69) is 5.32 Å². The first-order valence-corrected chi connectivity index (χ1v) is 12.5. The number of ether oxygens (including phenoxy) is 2. The molecule has 1 saturated heterocycles. The zero-order valence-electron chi connectivity index (χ0n) is 18.8. The van der Waals surface area contributed by atoms with Crippen LogP contribution in [0.3, 0.4) is 0 Å². The molecule has 4 rings (SSSR count). The van der Waals surface area contributed by atoms with E-state index < -0.39 is 6.29 Å². The van der Waals surface area contributed by atoms with Gasteiger partial charge in [0, 0.05) is 34.7 Å². The van der Waals surface area contributed by atoms with Crippen molar-refractivity contribution in [3.05, 3.63) is 101 Å². The van der Waals surface area contributed by atoms with E-state index in [0.717, 1.165) is 22.4 Å². The van der Waals surface area contributed by atoms with Gasteiger partial charge in [-0.1, -0.05) is 54.6 Å². The van der Waals surface area contributed by atoms with Gasteiger partial charge in [-0.05, 0) is 35.4 Å².